The van der Waals surface area contributed by atoms with Crippen LogP contribution in [0.2, 0.25) is 0 Å². The Kier molecular flexibility index (Phi) is 6.69. The number of rotatable bonds is 6. The first kappa shape index (κ1) is 23.9. The Morgan fingerprint density at radius 3 is 1.58 bits per heavy atom. The van der Waals surface area contributed by atoms with Crippen LogP contribution in [0.3, 0.4) is 0 Å². The zero-order valence-corrected chi connectivity index (χ0v) is 24.1. The molecule has 6 rings (SSSR count). The second-order valence-electron chi connectivity index (χ2n) is 9.41. The van der Waals surface area contributed by atoms with Crippen LogP contribution < -0.4 is 21.2 Å². The van der Waals surface area contributed by atoms with Crippen molar-refractivity contribution in [2.24, 2.45) is 0 Å². The van der Waals surface area contributed by atoms with Crippen molar-refractivity contribution in [3.05, 3.63) is 144 Å². The van der Waals surface area contributed by atoms with Gasteiger partial charge in [-0.2, -0.15) is 0 Å². The average Bonchev–Trinajstić information content (AvgIpc) is 3.33. The van der Waals surface area contributed by atoms with Crippen LogP contribution in [0.1, 0.15) is 22.3 Å². The van der Waals surface area contributed by atoms with Crippen molar-refractivity contribution in [1.29, 1.82) is 0 Å². The number of fused-ring (bicyclic) bond motifs is 3. The van der Waals surface area contributed by atoms with E-state index in [-0.39, 0.29) is 0 Å². The number of alkyl halides is 2. The second kappa shape index (κ2) is 10.1. The van der Waals surface area contributed by atoms with Gasteiger partial charge in [0.1, 0.15) is 0 Å². The Bertz CT molecular complexity index is 1420. The molecule has 0 aliphatic heterocycles. The van der Waals surface area contributed by atoms with Crippen molar-refractivity contribution in [2.45, 2.75) is 17.1 Å². The van der Waals surface area contributed by atoms with Gasteiger partial charge in [0.05, 0.1) is 0 Å². The van der Waals surface area contributed by atoms with Gasteiger partial charge >= 0.3 is 232 Å². The van der Waals surface area contributed by atoms with Crippen LogP contribution in [0, 0.1) is 0 Å². The van der Waals surface area contributed by atoms with E-state index in [1.54, 1.807) is 0 Å². The van der Waals surface area contributed by atoms with Crippen LogP contribution in [-0.4, -0.2) is 0 Å². The maximum atomic E-state index is 3.90. The molecule has 0 N–H and O–H groups in total. The van der Waals surface area contributed by atoms with E-state index in [0.29, 0.717) is 0 Å². The molecule has 0 heterocycles. The van der Waals surface area contributed by atoms with Crippen molar-refractivity contribution in [3.63, 3.8) is 0 Å². The van der Waals surface area contributed by atoms with Gasteiger partial charge in [0.15, 0.2) is 0 Å². The molecule has 0 nitrogen and oxygen atoms in total. The summed E-state index contributed by atoms with van der Waals surface area (Å²) >= 11 is 7.56. The summed E-state index contributed by atoms with van der Waals surface area (Å²) in [6.07, 6.45) is 0.975. The Balaban J connectivity index is 1.76. The van der Waals surface area contributed by atoms with Gasteiger partial charge in [-0.05, 0) is 0 Å². The van der Waals surface area contributed by atoms with E-state index in [0.717, 1.165) is 17.1 Å². The molecule has 0 atom stereocenters. The Hall–Kier alpha value is -2.51. The SMILES string of the molecule is BrCc1ccc2c(c1)Cc1c-2ccc(CBr)c1[PH](c1ccccc1)(c1ccccc1)c1ccccc1. The Labute approximate surface area is 231 Å². The fraction of sp³-hybridized carbons (Fsp3) is 0.0909. The van der Waals surface area contributed by atoms with E-state index in [2.05, 4.69) is 153 Å². The standard InChI is InChI=1S/C33H27Br2P/c34-22-24-16-18-30-26(20-24)21-32-31(30)19-17-25(23-35)33(32)36(27-10-4-1-5-11-27,28-12-6-2-7-13-28)29-14-8-3-9-15-29/h1-20,36H,21-23H2. The predicted octanol–water partition coefficient (Wildman–Crippen LogP) is 7.40. The van der Waals surface area contributed by atoms with Crippen LogP contribution in [0.15, 0.2) is 121 Å². The summed E-state index contributed by atoms with van der Waals surface area (Å²) in [5, 5.41) is 7.53. The molecule has 3 heteroatoms. The summed E-state index contributed by atoms with van der Waals surface area (Å²) < 4.78 is 0. The van der Waals surface area contributed by atoms with Crippen LogP contribution in [-0.2, 0) is 17.1 Å². The molecular weight excluding hydrogens is 587 g/mol. The minimum atomic E-state index is -2.62. The summed E-state index contributed by atoms with van der Waals surface area (Å²) in [6, 6.07) is 45.5. The summed E-state index contributed by atoms with van der Waals surface area (Å²) in [7, 11) is -2.62. The molecule has 1 aliphatic rings. The van der Waals surface area contributed by atoms with Crippen LogP contribution in [0.4, 0.5) is 0 Å². The van der Waals surface area contributed by atoms with E-state index in [4.69, 9.17) is 0 Å². The van der Waals surface area contributed by atoms with Gasteiger partial charge in [0.25, 0.3) is 0 Å². The maximum absolute atomic E-state index is 3.90. The van der Waals surface area contributed by atoms with Crippen molar-refractivity contribution in [1.82, 2.24) is 0 Å². The van der Waals surface area contributed by atoms with Crippen molar-refractivity contribution in [2.75, 3.05) is 0 Å². The fourth-order valence-corrected chi connectivity index (χ4v) is 12.4. The fourth-order valence-electron chi connectivity index (χ4n) is 6.04. The first-order valence-electron chi connectivity index (χ1n) is 12.3. The molecule has 0 saturated heterocycles. The monoisotopic (exact) mass is 612 g/mol. The molecule has 36 heavy (non-hydrogen) atoms. The molecule has 0 aromatic heterocycles. The van der Waals surface area contributed by atoms with E-state index < -0.39 is 7.26 Å². The van der Waals surface area contributed by atoms with Gasteiger partial charge in [-0.1, -0.05) is 0 Å². The summed E-state index contributed by atoms with van der Waals surface area (Å²) in [5.41, 5.74) is 8.44. The third-order valence-corrected chi connectivity index (χ3v) is 13.7. The first-order valence-corrected chi connectivity index (χ1v) is 16.6. The van der Waals surface area contributed by atoms with E-state index in [9.17, 15) is 0 Å². The molecule has 0 unspecified atom stereocenters. The number of hydrogen-bond donors (Lipinski definition) is 0. The Morgan fingerprint density at radius 2 is 1.08 bits per heavy atom. The van der Waals surface area contributed by atoms with Gasteiger partial charge in [-0.25, -0.2) is 0 Å². The molecule has 0 saturated carbocycles. The average molecular weight is 614 g/mol. The van der Waals surface area contributed by atoms with Crippen molar-refractivity contribution >= 4 is 60.3 Å². The van der Waals surface area contributed by atoms with Gasteiger partial charge in [-0.15, -0.1) is 0 Å². The summed E-state index contributed by atoms with van der Waals surface area (Å²) in [4.78, 5) is 0. The number of halogens is 2. The molecular formula is C33H27Br2P. The normalized spacial score (nSPS) is 12.7. The van der Waals surface area contributed by atoms with Crippen LogP contribution in [0.5, 0.6) is 0 Å². The minimum absolute atomic E-state index is 0.833. The quantitative estimate of drug-likeness (QED) is 0.136. The predicted molar refractivity (Wildman–Crippen MR) is 166 cm³/mol. The molecule has 5 aromatic rings. The topological polar surface area (TPSA) is 0 Å². The van der Waals surface area contributed by atoms with E-state index in [1.165, 1.54) is 54.6 Å². The summed E-state index contributed by atoms with van der Waals surface area (Å²) in [6.45, 7) is 0. The number of benzene rings is 5. The van der Waals surface area contributed by atoms with E-state index in [1.807, 2.05) is 0 Å². The van der Waals surface area contributed by atoms with Gasteiger partial charge in [0.2, 0.25) is 0 Å². The molecule has 178 valence electrons. The van der Waals surface area contributed by atoms with Crippen LogP contribution in [0.25, 0.3) is 11.1 Å². The zero-order valence-electron chi connectivity index (χ0n) is 19.9. The molecule has 0 spiro atoms. The van der Waals surface area contributed by atoms with Crippen molar-refractivity contribution in [3.8, 4) is 11.1 Å². The van der Waals surface area contributed by atoms with Gasteiger partial charge < -0.3 is 0 Å². The van der Waals surface area contributed by atoms with Crippen LogP contribution >= 0.6 is 39.1 Å². The first-order chi connectivity index (χ1) is 17.8. The van der Waals surface area contributed by atoms with Gasteiger partial charge in [-0.3, -0.25) is 0 Å². The third kappa shape index (κ3) is 3.82. The molecule has 5 aromatic carbocycles. The molecule has 1 aliphatic carbocycles. The van der Waals surface area contributed by atoms with E-state index >= 15 is 0 Å². The second-order valence-corrected chi connectivity index (χ2v) is 14.3. The summed E-state index contributed by atoms with van der Waals surface area (Å²) in [5.74, 6) is 0. The number of hydrogen-bond acceptors (Lipinski definition) is 0. The Morgan fingerprint density at radius 1 is 0.556 bits per heavy atom. The van der Waals surface area contributed by atoms with Gasteiger partial charge in [0, 0.05) is 0 Å². The molecule has 0 fully saturated rings. The zero-order chi connectivity index (χ0) is 24.5. The molecule has 0 amide bonds. The third-order valence-electron chi connectivity index (χ3n) is 7.52. The molecule has 0 bridgehead atoms. The molecule has 0 radical (unpaired) electrons. The van der Waals surface area contributed by atoms with Crippen molar-refractivity contribution < 1.29 is 0 Å².